The van der Waals surface area contributed by atoms with E-state index in [2.05, 4.69) is 5.10 Å². The quantitative estimate of drug-likeness (QED) is 0.264. The molecule has 1 heterocycles. The first-order chi connectivity index (χ1) is 17.3. The number of hydrogen-bond acceptors (Lipinski definition) is 5. The first kappa shape index (κ1) is 24.3. The lowest BCUT2D eigenvalue weighted by atomic mass is 10.1. The molecule has 0 amide bonds. The molecule has 4 aromatic carbocycles. The van der Waals surface area contributed by atoms with Gasteiger partial charge in [0.15, 0.2) is 5.03 Å². The maximum Gasteiger partial charge on any atom is 0.226 e. The molecule has 0 radical (unpaired) electrons. The third-order valence-electron chi connectivity index (χ3n) is 6.01. The van der Waals surface area contributed by atoms with Crippen molar-refractivity contribution in [3.05, 3.63) is 95.5 Å². The van der Waals surface area contributed by atoms with Gasteiger partial charge < -0.3 is 9.64 Å². The first-order valence-electron chi connectivity index (χ1n) is 11.6. The van der Waals surface area contributed by atoms with E-state index in [0.29, 0.717) is 40.2 Å². The number of sulfone groups is 1. The van der Waals surface area contributed by atoms with Gasteiger partial charge in [0.25, 0.3) is 0 Å². The van der Waals surface area contributed by atoms with Gasteiger partial charge in [-0.25, -0.2) is 8.42 Å². The second kappa shape index (κ2) is 9.93. The van der Waals surface area contributed by atoms with Gasteiger partial charge >= 0.3 is 0 Å². The Morgan fingerprint density at radius 3 is 2.50 bits per heavy atom. The van der Waals surface area contributed by atoms with Crippen molar-refractivity contribution in [3.8, 4) is 5.75 Å². The van der Waals surface area contributed by atoms with E-state index in [0.717, 1.165) is 17.5 Å². The van der Waals surface area contributed by atoms with Gasteiger partial charge in [0.1, 0.15) is 12.4 Å². The fourth-order valence-electron chi connectivity index (χ4n) is 4.23. The molecule has 8 heteroatoms. The van der Waals surface area contributed by atoms with Crippen molar-refractivity contribution in [2.75, 3.05) is 27.2 Å². The van der Waals surface area contributed by atoms with Crippen molar-refractivity contribution in [2.24, 2.45) is 0 Å². The van der Waals surface area contributed by atoms with E-state index >= 15 is 0 Å². The van der Waals surface area contributed by atoms with E-state index in [1.54, 1.807) is 28.9 Å². The van der Waals surface area contributed by atoms with E-state index in [-0.39, 0.29) is 9.92 Å². The van der Waals surface area contributed by atoms with Crippen LogP contribution in [-0.2, 0) is 16.4 Å². The van der Waals surface area contributed by atoms with E-state index in [1.807, 2.05) is 79.7 Å². The van der Waals surface area contributed by atoms with Crippen LogP contribution >= 0.6 is 11.6 Å². The number of fused-ring (bicyclic) bond motifs is 2. The topological polar surface area (TPSA) is 64.4 Å². The average molecular weight is 520 g/mol. The van der Waals surface area contributed by atoms with Gasteiger partial charge in [0.05, 0.1) is 17.0 Å². The minimum atomic E-state index is -3.94. The Labute approximate surface area is 215 Å². The highest BCUT2D eigenvalue weighted by atomic mass is 35.5. The summed E-state index contributed by atoms with van der Waals surface area (Å²) < 4.78 is 35.7. The molecule has 0 aliphatic heterocycles. The summed E-state index contributed by atoms with van der Waals surface area (Å²) in [5.41, 5.74) is 1.63. The Bertz CT molecular complexity index is 1660. The second-order valence-electron chi connectivity index (χ2n) is 8.90. The summed E-state index contributed by atoms with van der Waals surface area (Å²) in [5, 5.41) is 7.30. The number of benzene rings is 4. The summed E-state index contributed by atoms with van der Waals surface area (Å²) in [6.45, 7) is 1.61. The van der Waals surface area contributed by atoms with Crippen LogP contribution in [0.3, 0.4) is 0 Å². The van der Waals surface area contributed by atoms with Crippen LogP contribution in [0.25, 0.3) is 21.7 Å². The summed E-state index contributed by atoms with van der Waals surface area (Å²) in [6.07, 6.45) is 0. The lowest BCUT2D eigenvalue weighted by Gasteiger charge is -2.11. The van der Waals surface area contributed by atoms with Crippen LogP contribution in [0.5, 0.6) is 5.75 Å². The summed E-state index contributed by atoms with van der Waals surface area (Å²) in [6, 6.07) is 25.7. The summed E-state index contributed by atoms with van der Waals surface area (Å²) in [5.74, 6) is 0.598. The van der Waals surface area contributed by atoms with Crippen LogP contribution in [-0.4, -0.2) is 50.3 Å². The highest BCUT2D eigenvalue weighted by molar-refractivity contribution is 7.91. The van der Waals surface area contributed by atoms with Crippen molar-refractivity contribution >= 4 is 43.1 Å². The molecule has 0 atom stereocenters. The summed E-state index contributed by atoms with van der Waals surface area (Å²) in [4.78, 5) is 2.26. The van der Waals surface area contributed by atoms with Crippen LogP contribution in [0, 0.1) is 0 Å². The van der Waals surface area contributed by atoms with Crippen molar-refractivity contribution in [1.82, 2.24) is 14.7 Å². The van der Waals surface area contributed by atoms with E-state index in [9.17, 15) is 8.42 Å². The Balaban J connectivity index is 1.66. The number of hydrogen-bond donors (Lipinski definition) is 0. The molecule has 36 heavy (non-hydrogen) atoms. The normalized spacial score (nSPS) is 12.0. The van der Waals surface area contributed by atoms with E-state index < -0.39 is 9.84 Å². The lowest BCUT2D eigenvalue weighted by Crippen LogP contribution is -2.19. The maximum absolute atomic E-state index is 14.1. The number of ether oxygens (including phenoxy) is 1. The number of nitrogens with zero attached hydrogens (tertiary/aromatic N) is 3. The standard InChI is InChI=1S/C28H26ClN3O3S/c1-31(2)15-16-35-23-13-14-26-25(18-23)28(30-32(26)19-20-7-5-10-22(29)17-20)36(33,34)27-12-6-9-21-8-3-4-11-24(21)27/h3-14,17-18H,15-16,19H2,1-2H3. The van der Waals surface area contributed by atoms with Gasteiger partial charge in [-0.1, -0.05) is 60.1 Å². The molecule has 184 valence electrons. The molecule has 0 fully saturated rings. The number of rotatable bonds is 8. The molecule has 6 nitrogen and oxygen atoms in total. The molecule has 0 aliphatic carbocycles. The van der Waals surface area contributed by atoms with Gasteiger partial charge in [-0.15, -0.1) is 0 Å². The van der Waals surface area contributed by atoms with Crippen molar-refractivity contribution in [3.63, 3.8) is 0 Å². The van der Waals surface area contributed by atoms with Crippen molar-refractivity contribution < 1.29 is 13.2 Å². The molecular formula is C28H26ClN3O3S. The zero-order valence-corrected chi connectivity index (χ0v) is 21.6. The minimum absolute atomic E-state index is 0.00828. The van der Waals surface area contributed by atoms with Crippen LogP contribution in [0.1, 0.15) is 5.56 Å². The van der Waals surface area contributed by atoms with Crippen LogP contribution in [0.15, 0.2) is 94.9 Å². The summed E-state index contributed by atoms with van der Waals surface area (Å²) >= 11 is 6.19. The molecule has 0 unspecified atom stereocenters. The predicted molar refractivity (Wildman–Crippen MR) is 144 cm³/mol. The number of halogens is 1. The lowest BCUT2D eigenvalue weighted by molar-refractivity contribution is 0.261. The van der Waals surface area contributed by atoms with E-state index in [1.165, 1.54) is 0 Å². The molecule has 1 aromatic heterocycles. The monoisotopic (exact) mass is 519 g/mol. The molecule has 0 aliphatic rings. The Morgan fingerprint density at radius 1 is 0.917 bits per heavy atom. The fourth-order valence-corrected chi connectivity index (χ4v) is 6.04. The number of aromatic nitrogens is 2. The van der Waals surface area contributed by atoms with Gasteiger partial charge in [0, 0.05) is 22.3 Å². The second-order valence-corrected chi connectivity index (χ2v) is 11.2. The smallest absolute Gasteiger partial charge is 0.226 e. The van der Waals surface area contributed by atoms with Gasteiger partial charge in [0.2, 0.25) is 9.84 Å². The molecule has 0 saturated carbocycles. The fraction of sp³-hybridized carbons (Fsp3) is 0.179. The van der Waals surface area contributed by atoms with Gasteiger partial charge in [-0.05, 0) is 61.4 Å². The van der Waals surface area contributed by atoms with E-state index in [4.69, 9.17) is 16.3 Å². The molecular weight excluding hydrogens is 494 g/mol. The largest absolute Gasteiger partial charge is 0.492 e. The summed E-state index contributed by atoms with van der Waals surface area (Å²) in [7, 11) is 0.00272. The zero-order valence-electron chi connectivity index (χ0n) is 20.1. The Kier molecular flexibility index (Phi) is 6.71. The highest BCUT2D eigenvalue weighted by Crippen LogP contribution is 2.34. The molecule has 5 aromatic rings. The molecule has 5 rings (SSSR count). The van der Waals surface area contributed by atoms with Gasteiger partial charge in [-0.2, -0.15) is 5.10 Å². The van der Waals surface area contributed by atoms with Crippen LogP contribution < -0.4 is 4.74 Å². The molecule has 0 spiro atoms. The third-order valence-corrected chi connectivity index (χ3v) is 7.99. The minimum Gasteiger partial charge on any atom is -0.492 e. The van der Waals surface area contributed by atoms with Crippen LogP contribution in [0.4, 0.5) is 0 Å². The van der Waals surface area contributed by atoms with Crippen LogP contribution in [0.2, 0.25) is 5.02 Å². The molecule has 0 N–H and O–H groups in total. The average Bonchev–Trinajstić information content (AvgIpc) is 3.22. The SMILES string of the molecule is CN(C)CCOc1ccc2c(c1)c(S(=O)(=O)c1cccc3ccccc13)nn2Cc1cccc(Cl)c1. The third kappa shape index (κ3) is 4.82. The Morgan fingerprint density at radius 2 is 1.69 bits per heavy atom. The molecule has 0 saturated heterocycles. The van der Waals surface area contributed by atoms with Crippen molar-refractivity contribution in [1.29, 1.82) is 0 Å². The maximum atomic E-state index is 14.1. The highest BCUT2D eigenvalue weighted by Gasteiger charge is 2.27. The Hall–Kier alpha value is -3.39. The van der Waals surface area contributed by atoms with Gasteiger partial charge in [-0.3, -0.25) is 4.68 Å². The number of likely N-dealkylation sites (N-methyl/N-ethyl adjacent to an activating group) is 1. The first-order valence-corrected chi connectivity index (χ1v) is 13.4. The molecule has 0 bridgehead atoms. The van der Waals surface area contributed by atoms with Crippen molar-refractivity contribution in [2.45, 2.75) is 16.5 Å². The predicted octanol–water partition coefficient (Wildman–Crippen LogP) is 5.66. The zero-order chi connectivity index (χ0) is 25.3.